The van der Waals surface area contributed by atoms with Crippen LogP contribution in [0.15, 0.2) is 21.6 Å². The lowest BCUT2D eigenvalue weighted by atomic mass is 9.98. The molecule has 1 aliphatic rings. The van der Waals surface area contributed by atoms with Gasteiger partial charge < -0.3 is 5.11 Å². The average molecular weight is 384 g/mol. The monoisotopic (exact) mass is 382 g/mol. The van der Waals surface area contributed by atoms with Gasteiger partial charge in [0.1, 0.15) is 10.0 Å². The van der Waals surface area contributed by atoms with Crippen molar-refractivity contribution in [2.45, 2.75) is 36.7 Å². The molecule has 2 heterocycles. The van der Waals surface area contributed by atoms with Gasteiger partial charge in [-0.1, -0.05) is 11.6 Å². The molecule has 5 nitrogen and oxygen atoms in total. The highest BCUT2D eigenvalue weighted by atomic mass is 79.9. The van der Waals surface area contributed by atoms with Gasteiger partial charge >= 0.3 is 0 Å². The number of hydrogen-bond acceptors (Lipinski definition) is 4. The summed E-state index contributed by atoms with van der Waals surface area (Å²) in [5, 5.41) is 10.0. The fraction of sp³-hybridized carbons (Fsp3) is 0.583. The molecule has 0 aliphatic carbocycles. The molecule has 1 unspecified atom stereocenters. The lowest BCUT2D eigenvalue weighted by Gasteiger charge is -2.22. The molecule has 0 amide bonds. The van der Waals surface area contributed by atoms with Gasteiger partial charge in [-0.15, -0.1) is 0 Å². The van der Waals surface area contributed by atoms with E-state index >= 15 is 0 Å². The number of nitrogens with zero attached hydrogens (tertiary/aromatic N) is 2. The highest BCUT2D eigenvalue weighted by Crippen LogP contribution is 2.29. The van der Waals surface area contributed by atoms with Crippen LogP contribution in [0, 0.1) is 0 Å². The summed E-state index contributed by atoms with van der Waals surface area (Å²) < 4.78 is 27.2. The number of aliphatic hydroxyl groups is 1. The SMILES string of the molecule is CC1(O)CCCN(S(=O)(=O)c2cc(Br)cnc2Cl)CC1. The molecule has 0 radical (unpaired) electrons. The molecule has 8 heteroatoms. The molecule has 0 saturated carbocycles. The largest absolute Gasteiger partial charge is 0.390 e. The minimum absolute atomic E-state index is 0.00455. The Morgan fingerprint density at radius 1 is 1.45 bits per heavy atom. The lowest BCUT2D eigenvalue weighted by Crippen LogP contribution is -2.33. The molecule has 20 heavy (non-hydrogen) atoms. The summed E-state index contributed by atoms with van der Waals surface area (Å²) >= 11 is 9.11. The molecule has 0 aromatic carbocycles. The van der Waals surface area contributed by atoms with Gasteiger partial charge in [0.25, 0.3) is 0 Å². The van der Waals surface area contributed by atoms with Gasteiger partial charge in [-0.3, -0.25) is 0 Å². The normalized spacial score (nSPS) is 25.4. The quantitative estimate of drug-likeness (QED) is 0.796. The average Bonchev–Trinajstić information content (AvgIpc) is 2.53. The summed E-state index contributed by atoms with van der Waals surface area (Å²) in [7, 11) is -3.69. The molecule has 1 aromatic heterocycles. The maximum Gasteiger partial charge on any atom is 0.246 e. The molecule has 1 atom stereocenters. The number of halogens is 2. The van der Waals surface area contributed by atoms with Crippen LogP contribution in [0.4, 0.5) is 0 Å². The Morgan fingerprint density at radius 2 is 2.15 bits per heavy atom. The second kappa shape index (κ2) is 5.88. The van der Waals surface area contributed by atoms with Gasteiger partial charge in [-0.2, -0.15) is 4.31 Å². The molecule has 1 N–H and O–H groups in total. The van der Waals surface area contributed by atoms with Crippen LogP contribution in [0.5, 0.6) is 0 Å². The fourth-order valence-electron chi connectivity index (χ4n) is 2.20. The summed E-state index contributed by atoms with van der Waals surface area (Å²) in [5.74, 6) is 0. The topological polar surface area (TPSA) is 70.5 Å². The highest BCUT2D eigenvalue weighted by molar-refractivity contribution is 9.10. The Bertz CT molecular complexity index is 607. The highest BCUT2D eigenvalue weighted by Gasteiger charge is 2.33. The van der Waals surface area contributed by atoms with Crippen molar-refractivity contribution in [1.29, 1.82) is 0 Å². The zero-order chi connectivity index (χ0) is 15.0. The Hall–Kier alpha value is -0.210. The smallest absolute Gasteiger partial charge is 0.246 e. The number of aromatic nitrogens is 1. The van der Waals surface area contributed by atoms with Crippen LogP contribution in [0.25, 0.3) is 0 Å². The van der Waals surface area contributed by atoms with Crippen molar-refractivity contribution in [3.05, 3.63) is 21.9 Å². The first-order chi connectivity index (χ1) is 9.22. The van der Waals surface area contributed by atoms with Crippen LogP contribution in [0.3, 0.4) is 0 Å². The standard InChI is InChI=1S/C12H16BrClN2O3S/c1-12(17)3-2-5-16(6-4-12)20(18,19)10-7-9(13)8-15-11(10)14/h7-8,17H,2-6H2,1H3. The van der Waals surface area contributed by atoms with Gasteiger partial charge in [-0.25, -0.2) is 13.4 Å². The first kappa shape index (κ1) is 16.2. The van der Waals surface area contributed by atoms with Crippen LogP contribution >= 0.6 is 27.5 Å². The number of pyridine rings is 1. The Kier molecular flexibility index (Phi) is 4.76. The van der Waals surface area contributed by atoms with Gasteiger partial charge in [0.2, 0.25) is 10.0 Å². The zero-order valence-corrected chi connectivity index (χ0v) is 14.2. The minimum Gasteiger partial charge on any atom is -0.390 e. The molecule has 112 valence electrons. The molecule has 0 bridgehead atoms. The molecule has 0 spiro atoms. The van der Waals surface area contributed by atoms with E-state index in [4.69, 9.17) is 11.6 Å². The third kappa shape index (κ3) is 3.51. The summed E-state index contributed by atoms with van der Waals surface area (Å²) in [5.41, 5.74) is -0.816. The maximum absolute atomic E-state index is 12.6. The van der Waals surface area contributed by atoms with E-state index in [1.54, 1.807) is 6.92 Å². The van der Waals surface area contributed by atoms with Gasteiger partial charge in [0.15, 0.2) is 0 Å². The Balaban J connectivity index is 2.33. The Morgan fingerprint density at radius 3 is 2.85 bits per heavy atom. The van der Waals surface area contributed by atoms with E-state index in [1.807, 2.05) is 0 Å². The number of rotatable bonds is 2. The molecular formula is C12H16BrClN2O3S. The predicted octanol–water partition coefficient (Wildman–Crippen LogP) is 2.42. The third-order valence-electron chi connectivity index (χ3n) is 3.41. The lowest BCUT2D eigenvalue weighted by molar-refractivity contribution is 0.0465. The van der Waals surface area contributed by atoms with Crippen molar-refractivity contribution in [3.8, 4) is 0 Å². The fourth-order valence-corrected chi connectivity index (χ4v) is 4.60. The van der Waals surface area contributed by atoms with E-state index in [1.165, 1.54) is 16.6 Å². The molecular weight excluding hydrogens is 368 g/mol. The van der Waals surface area contributed by atoms with Crippen LogP contribution in [-0.4, -0.2) is 41.5 Å². The second-order valence-electron chi connectivity index (χ2n) is 5.20. The van der Waals surface area contributed by atoms with E-state index in [0.29, 0.717) is 30.3 Å². The van der Waals surface area contributed by atoms with Crippen molar-refractivity contribution in [1.82, 2.24) is 9.29 Å². The van der Waals surface area contributed by atoms with Gasteiger partial charge in [0, 0.05) is 23.8 Å². The van der Waals surface area contributed by atoms with Crippen LogP contribution in [0.1, 0.15) is 26.2 Å². The Labute approximate surface area is 132 Å². The molecule has 1 fully saturated rings. The van der Waals surface area contributed by atoms with Crippen molar-refractivity contribution in [3.63, 3.8) is 0 Å². The third-order valence-corrected chi connectivity index (χ3v) is 6.17. The maximum atomic E-state index is 12.6. The van der Waals surface area contributed by atoms with E-state index in [-0.39, 0.29) is 16.6 Å². The van der Waals surface area contributed by atoms with E-state index < -0.39 is 15.6 Å². The van der Waals surface area contributed by atoms with Crippen LogP contribution in [0.2, 0.25) is 5.15 Å². The summed E-state index contributed by atoms with van der Waals surface area (Å²) in [6, 6.07) is 1.45. The predicted molar refractivity (Wildman–Crippen MR) is 80.2 cm³/mol. The number of sulfonamides is 1. The van der Waals surface area contributed by atoms with E-state index in [0.717, 1.165) is 0 Å². The van der Waals surface area contributed by atoms with Crippen molar-refractivity contribution >= 4 is 37.6 Å². The molecule has 1 saturated heterocycles. The molecule has 2 rings (SSSR count). The van der Waals surface area contributed by atoms with E-state index in [2.05, 4.69) is 20.9 Å². The van der Waals surface area contributed by atoms with Crippen molar-refractivity contribution in [2.75, 3.05) is 13.1 Å². The second-order valence-corrected chi connectivity index (χ2v) is 8.38. The van der Waals surface area contributed by atoms with Gasteiger partial charge in [-0.05, 0) is 48.2 Å². The van der Waals surface area contributed by atoms with Crippen LogP contribution in [-0.2, 0) is 10.0 Å². The van der Waals surface area contributed by atoms with E-state index in [9.17, 15) is 13.5 Å². The number of hydrogen-bond donors (Lipinski definition) is 1. The van der Waals surface area contributed by atoms with Crippen LogP contribution < -0.4 is 0 Å². The molecule has 1 aromatic rings. The summed E-state index contributed by atoms with van der Waals surface area (Å²) in [6.45, 7) is 2.39. The van der Waals surface area contributed by atoms with Gasteiger partial charge in [0.05, 0.1) is 5.60 Å². The first-order valence-corrected chi connectivity index (χ1v) is 8.87. The molecule has 1 aliphatic heterocycles. The summed E-state index contributed by atoms with van der Waals surface area (Å²) in [4.78, 5) is 3.85. The summed E-state index contributed by atoms with van der Waals surface area (Å²) in [6.07, 6.45) is 3.06. The minimum atomic E-state index is -3.69. The van der Waals surface area contributed by atoms with Crippen molar-refractivity contribution < 1.29 is 13.5 Å². The zero-order valence-electron chi connectivity index (χ0n) is 11.0. The first-order valence-electron chi connectivity index (χ1n) is 6.26. The van der Waals surface area contributed by atoms with Crippen molar-refractivity contribution in [2.24, 2.45) is 0 Å².